The molecule has 0 saturated heterocycles. The predicted octanol–water partition coefficient (Wildman–Crippen LogP) is 18.9. The normalized spacial score (nSPS) is 13.1. The summed E-state index contributed by atoms with van der Waals surface area (Å²) in [5, 5.41) is 9.62. The Labute approximate surface area is 414 Å². The van der Waals surface area contributed by atoms with Gasteiger partial charge >= 0.3 is 11.9 Å². The van der Waals surface area contributed by atoms with E-state index < -0.39 is 6.10 Å². The molecule has 0 heterocycles. The molecule has 0 radical (unpaired) electrons. The van der Waals surface area contributed by atoms with Gasteiger partial charge in [-0.2, -0.15) is 0 Å². The van der Waals surface area contributed by atoms with Gasteiger partial charge in [0.15, 0.2) is 6.10 Å². The Kier molecular flexibility index (Phi) is 54.0. The largest absolute Gasteiger partial charge is 0.462 e. The minimum atomic E-state index is -0.781. The standard InChI is InChI=1S/C62H104O5/c1-3-5-7-9-11-13-15-17-19-20-21-22-23-24-25-26-27-28-29-30-31-32-33-34-35-36-37-38-39-40-41-42-43-45-47-49-51-53-55-57-62(65)67-60(58-63)59-66-61(64)56-54-52-50-48-46-44-18-16-14-12-10-8-6-4-2/h5,7,10-13,16-19,21-22,24-25,27-28,30-31,60,63H,3-4,6,8-9,14-15,20,23,26,29,32-59H2,1-2H3/b7-5-,12-10-,13-11-,18-16-,19-17-,22-21-,25-24-,28-27-,31-30-. The van der Waals surface area contributed by atoms with Crippen LogP contribution in [0.3, 0.4) is 0 Å². The van der Waals surface area contributed by atoms with Gasteiger partial charge in [-0.25, -0.2) is 0 Å². The first-order valence-corrected chi connectivity index (χ1v) is 27.9. The highest BCUT2D eigenvalue weighted by Crippen LogP contribution is 2.16. The SMILES string of the molecule is CC/C=C\C/C=C\C/C=C\C/C=C\C/C=C\C/C=C\C/C=C\CCCCCCCCCCCCCCCCCCCC(=O)OC(CO)COC(=O)CCCCCCC/C=C\C/C=C\CCCC. The summed E-state index contributed by atoms with van der Waals surface area (Å²) in [4.78, 5) is 24.4. The first kappa shape index (κ1) is 63.6. The molecule has 1 N–H and O–H groups in total. The van der Waals surface area contributed by atoms with Crippen LogP contribution in [0.25, 0.3) is 0 Å². The second kappa shape index (κ2) is 56.9. The molecule has 0 spiro atoms. The smallest absolute Gasteiger partial charge is 0.306 e. The predicted molar refractivity (Wildman–Crippen MR) is 292 cm³/mol. The van der Waals surface area contributed by atoms with Crippen LogP contribution in [0.5, 0.6) is 0 Å². The fraction of sp³-hybridized carbons (Fsp3) is 0.677. The zero-order valence-electron chi connectivity index (χ0n) is 43.6. The molecule has 0 saturated carbocycles. The molecule has 0 aliphatic carbocycles. The average Bonchev–Trinajstić information content (AvgIpc) is 3.33. The number of hydrogen-bond acceptors (Lipinski definition) is 5. The number of carbonyl (C=O) groups excluding carboxylic acids is 2. The molecule has 5 heteroatoms. The second-order valence-electron chi connectivity index (χ2n) is 18.3. The molecule has 0 bridgehead atoms. The van der Waals surface area contributed by atoms with E-state index in [-0.39, 0.29) is 25.2 Å². The molecular weight excluding hydrogens is 825 g/mol. The zero-order valence-corrected chi connectivity index (χ0v) is 43.6. The molecule has 5 nitrogen and oxygen atoms in total. The van der Waals surface area contributed by atoms with Gasteiger partial charge in [-0.1, -0.05) is 252 Å². The molecule has 382 valence electrons. The van der Waals surface area contributed by atoms with E-state index in [0.717, 1.165) is 96.3 Å². The Bertz CT molecular complexity index is 1330. The number of rotatable bonds is 50. The van der Waals surface area contributed by atoms with Crippen LogP contribution in [0.4, 0.5) is 0 Å². The average molecular weight is 930 g/mol. The Morgan fingerprint density at radius 2 is 0.642 bits per heavy atom. The second-order valence-corrected chi connectivity index (χ2v) is 18.3. The van der Waals surface area contributed by atoms with Crippen LogP contribution in [0.2, 0.25) is 0 Å². The summed E-state index contributed by atoms with van der Waals surface area (Å²) >= 11 is 0. The van der Waals surface area contributed by atoms with E-state index in [1.54, 1.807) is 0 Å². The summed E-state index contributed by atoms with van der Waals surface area (Å²) in [6.45, 7) is 3.97. The Morgan fingerprint density at radius 3 is 0.970 bits per heavy atom. The minimum absolute atomic E-state index is 0.0754. The van der Waals surface area contributed by atoms with Crippen molar-refractivity contribution >= 4 is 11.9 Å². The van der Waals surface area contributed by atoms with Gasteiger partial charge in [0, 0.05) is 12.8 Å². The third-order valence-electron chi connectivity index (χ3n) is 11.8. The first-order valence-electron chi connectivity index (χ1n) is 27.9. The van der Waals surface area contributed by atoms with Crippen LogP contribution in [-0.2, 0) is 19.1 Å². The lowest BCUT2D eigenvalue weighted by Gasteiger charge is -2.15. The van der Waals surface area contributed by atoms with Gasteiger partial charge in [-0.05, 0) is 96.3 Å². The van der Waals surface area contributed by atoms with Crippen molar-refractivity contribution < 1.29 is 24.2 Å². The molecule has 0 rings (SSSR count). The number of aliphatic hydroxyl groups is 1. The minimum Gasteiger partial charge on any atom is -0.462 e. The van der Waals surface area contributed by atoms with Crippen LogP contribution < -0.4 is 0 Å². The van der Waals surface area contributed by atoms with Crippen molar-refractivity contribution in [3.8, 4) is 0 Å². The molecule has 67 heavy (non-hydrogen) atoms. The number of aliphatic hydroxyl groups excluding tert-OH is 1. The summed E-state index contributed by atoms with van der Waals surface area (Å²) in [6.07, 6.45) is 82.1. The quantitative estimate of drug-likeness (QED) is 0.0374. The fourth-order valence-corrected chi connectivity index (χ4v) is 7.61. The van der Waals surface area contributed by atoms with Crippen molar-refractivity contribution in [3.05, 3.63) is 109 Å². The van der Waals surface area contributed by atoms with E-state index in [9.17, 15) is 14.7 Å². The fourth-order valence-electron chi connectivity index (χ4n) is 7.61. The van der Waals surface area contributed by atoms with Crippen LogP contribution in [0.15, 0.2) is 109 Å². The van der Waals surface area contributed by atoms with E-state index in [4.69, 9.17) is 9.47 Å². The Balaban J connectivity index is 3.49. The van der Waals surface area contributed by atoms with Crippen molar-refractivity contribution in [2.45, 2.75) is 258 Å². The van der Waals surface area contributed by atoms with E-state index in [1.165, 1.54) is 128 Å². The molecule has 1 unspecified atom stereocenters. The van der Waals surface area contributed by atoms with Crippen LogP contribution in [0, 0.1) is 0 Å². The van der Waals surface area contributed by atoms with Gasteiger partial charge in [0.05, 0.1) is 6.61 Å². The molecule has 0 aromatic rings. The highest BCUT2D eigenvalue weighted by Gasteiger charge is 2.16. The van der Waals surface area contributed by atoms with Gasteiger partial charge in [0.2, 0.25) is 0 Å². The maximum Gasteiger partial charge on any atom is 0.306 e. The number of esters is 2. The summed E-state index contributed by atoms with van der Waals surface area (Å²) in [5.74, 6) is -0.606. The monoisotopic (exact) mass is 929 g/mol. The molecule has 0 fully saturated rings. The van der Waals surface area contributed by atoms with E-state index in [1.807, 2.05) is 0 Å². The summed E-state index contributed by atoms with van der Waals surface area (Å²) in [7, 11) is 0. The van der Waals surface area contributed by atoms with Gasteiger partial charge < -0.3 is 14.6 Å². The van der Waals surface area contributed by atoms with Crippen molar-refractivity contribution in [2.24, 2.45) is 0 Å². The van der Waals surface area contributed by atoms with E-state index in [2.05, 4.69) is 123 Å². The molecule has 0 aliphatic heterocycles. The number of ether oxygens (including phenoxy) is 2. The van der Waals surface area contributed by atoms with Gasteiger partial charge in [-0.3, -0.25) is 9.59 Å². The van der Waals surface area contributed by atoms with Crippen LogP contribution in [-0.4, -0.2) is 36.4 Å². The lowest BCUT2D eigenvalue weighted by Crippen LogP contribution is -2.28. The van der Waals surface area contributed by atoms with Crippen molar-refractivity contribution in [3.63, 3.8) is 0 Å². The number of carbonyl (C=O) groups is 2. The molecule has 0 aromatic heterocycles. The van der Waals surface area contributed by atoms with Crippen LogP contribution >= 0.6 is 0 Å². The van der Waals surface area contributed by atoms with Crippen LogP contribution in [0.1, 0.15) is 251 Å². The molecule has 0 amide bonds. The highest BCUT2D eigenvalue weighted by atomic mass is 16.6. The van der Waals surface area contributed by atoms with E-state index in [0.29, 0.717) is 12.8 Å². The van der Waals surface area contributed by atoms with Crippen molar-refractivity contribution in [2.75, 3.05) is 13.2 Å². The maximum absolute atomic E-state index is 12.3. The Hall–Kier alpha value is -3.44. The van der Waals surface area contributed by atoms with Gasteiger partial charge in [-0.15, -0.1) is 0 Å². The molecular formula is C62H104O5. The molecule has 0 aromatic carbocycles. The van der Waals surface area contributed by atoms with Gasteiger partial charge in [0.1, 0.15) is 6.61 Å². The summed E-state index contributed by atoms with van der Waals surface area (Å²) < 4.78 is 10.7. The third-order valence-corrected chi connectivity index (χ3v) is 11.8. The Morgan fingerprint density at radius 1 is 0.358 bits per heavy atom. The highest BCUT2D eigenvalue weighted by molar-refractivity contribution is 5.70. The van der Waals surface area contributed by atoms with E-state index >= 15 is 0 Å². The third kappa shape index (κ3) is 55.0. The number of allylic oxidation sites excluding steroid dienone is 18. The first-order chi connectivity index (χ1) is 33.1. The summed E-state index contributed by atoms with van der Waals surface area (Å²) in [6, 6.07) is 0. The number of hydrogen-bond donors (Lipinski definition) is 1. The molecule has 1 atom stereocenters. The molecule has 0 aliphatic rings. The topological polar surface area (TPSA) is 72.8 Å². The number of unbranched alkanes of at least 4 members (excludes halogenated alkanes) is 24. The summed E-state index contributed by atoms with van der Waals surface area (Å²) in [5.41, 5.74) is 0. The lowest BCUT2D eigenvalue weighted by atomic mass is 10.0. The van der Waals surface area contributed by atoms with Crippen molar-refractivity contribution in [1.82, 2.24) is 0 Å². The lowest BCUT2D eigenvalue weighted by molar-refractivity contribution is -0.161. The van der Waals surface area contributed by atoms with Crippen molar-refractivity contribution in [1.29, 1.82) is 0 Å². The zero-order chi connectivity index (χ0) is 48.5. The van der Waals surface area contributed by atoms with Gasteiger partial charge in [0.25, 0.3) is 0 Å². The maximum atomic E-state index is 12.3.